The van der Waals surface area contributed by atoms with E-state index in [-0.39, 0.29) is 16.9 Å². The SMILES string of the molecule is Cc1c(C(N)=O)cnc(N)c1C(N)=O. The van der Waals surface area contributed by atoms with Gasteiger partial charge in [0.1, 0.15) is 5.82 Å². The van der Waals surface area contributed by atoms with E-state index in [0.717, 1.165) is 0 Å². The van der Waals surface area contributed by atoms with Gasteiger partial charge in [-0.3, -0.25) is 9.59 Å². The van der Waals surface area contributed by atoms with Crippen molar-refractivity contribution >= 4 is 17.6 Å². The van der Waals surface area contributed by atoms with Crippen molar-refractivity contribution in [1.29, 1.82) is 0 Å². The summed E-state index contributed by atoms with van der Waals surface area (Å²) in [5, 5.41) is 0. The van der Waals surface area contributed by atoms with Gasteiger partial charge in [0.2, 0.25) is 0 Å². The number of primary amides is 2. The van der Waals surface area contributed by atoms with Crippen molar-refractivity contribution in [2.24, 2.45) is 11.5 Å². The van der Waals surface area contributed by atoms with Gasteiger partial charge in [-0.2, -0.15) is 0 Å². The van der Waals surface area contributed by atoms with Crippen molar-refractivity contribution in [3.05, 3.63) is 22.9 Å². The van der Waals surface area contributed by atoms with Crippen LogP contribution in [0, 0.1) is 6.92 Å². The second-order valence-electron chi connectivity index (χ2n) is 2.79. The molecule has 0 atom stereocenters. The van der Waals surface area contributed by atoms with E-state index < -0.39 is 11.8 Å². The maximum Gasteiger partial charge on any atom is 0.252 e. The first kappa shape index (κ1) is 9.97. The largest absolute Gasteiger partial charge is 0.383 e. The van der Waals surface area contributed by atoms with Gasteiger partial charge in [-0.25, -0.2) is 4.98 Å². The Morgan fingerprint density at radius 2 is 1.86 bits per heavy atom. The lowest BCUT2D eigenvalue weighted by Crippen LogP contribution is -2.21. The molecule has 2 amide bonds. The van der Waals surface area contributed by atoms with Crippen molar-refractivity contribution < 1.29 is 9.59 Å². The number of pyridine rings is 1. The summed E-state index contributed by atoms with van der Waals surface area (Å²) >= 11 is 0. The van der Waals surface area contributed by atoms with Gasteiger partial charge >= 0.3 is 0 Å². The minimum Gasteiger partial charge on any atom is -0.383 e. The van der Waals surface area contributed by atoms with Crippen molar-refractivity contribution in [2.45, 2.75) is 6.92 Å². The minimum atomic E-state index is -0.726. The van der Waals surface area contributed by atoms with E-state index in [0.29, 0.717) is 5.56 Å². The first-order valence-corrected chi connectivity index (χ1v) is 3.79. The Balaban J connectivity index is 3.49. The van der Waals surface area contributed by atoms with Crippen molar-refractivity contribution in [2.75, 3.05) is 5.73 Å². The summed E-state index contributed by atoms with van der Waals surface area (Å²) in [6.07, 6.45) is 1.22. The van der Waals surface area contributed by atoms with Gasteiger partial charge in [0, 0.05) is 6.20 Å². The molecule has 0 aliphatic carbocycles. The van der Waals surface area contributed by atoms with Crippen LogP contribution in [0.1, 0.15) is 26.3 Å². The average Bonchev–Trinajstić information content (AvgIpc) is 2.02. The highest BCUT2D eigenvalue weighted by atomic mass is 16.1. The van der Waals surface area contributed by atoms with Crippen LogP contribution in [0.2, 0.25) is 0 Å². The van der Waals surface area contributed by atoms with Crippen LogP contribution in [-0.4, -0.2) is 16.8 Å². The number of amides is 2. The summed E-state index contributed by atoms with van der Waals surface area (Å²) in [5.41, 5.74) is 16.1. The average molecular weight is 194 g/mol. The van der Waals surface area contributed by atoms with Gasteiger partial charge in [-0.15, -0.1) is 0 Å². The normalized spacial score (nSPS) is 9.79. The number of hydrogen-bond donors (Lipinski definition) is 3. The summed E-state index contributed by atoms with van der Waals surface area (Å²) < 4.78 is 0. The third-order valence-corrected chi connectivity index (χ3v) is 1.88. The molecule has 0 spiro atoms. The number of carbonyl (C=O) groups excluding carboxylic acids is 2. The van der Waals surface area contributed by atoms with Crippen LogP contribution in [0.25, 0.3) is 0 Å². The fourth-order valence-corrected chi connectivity index (χ4v) is 1.18. The molecule has 0 unspecified atom stereocenters. The second-order valence-corrected chi connectivity index (χ2v) is 2.79. The fraction of sp³-hybridized carbons (Fsp3) is 0.125. The monoisotopic (exact) mass is 194 g/mol. The number of carbonyl (C=O) groups is 2. The fourth-order valence-electron chi connectivity index (χ4n) is 1.18. The Labute approximate surface area is 80.1 Å². The van der Waals surface area contributed by atoms with Crippen LogP contribution in [-0.2, 0) is 0 Å². The molecule has 0 bridgehead atoms. The maximum absolute atomic E-state index is 11.0. The third kappa shape index (κ3) is 1.49. The molecule has 0 fully saturated rings. The Morgan fingerprint density at radius 1 is 1.29 bits per heavy atom. The molecule has 6 heteroatoms. The summed E-state index contributed by atoms with van der Waals surface area (Å²) in [5.74, 6) is -1.40. The van der Waals surface area contributed by atoms with E-state index in [2.05, 4.69) is 4.98 Å². The zero-order valence-corrected chi connectivity index (χ0v) is 7.57. The quantitative estimate of drug-likeness (QED) is 0.568. The molecule has 0 aromatic carbocycles. The highest BCUT2D eigenvalue weighted by molar-refractivity contribution is 6.03. The summed E-state index contributed by atoms with van der Waals surface area (Å²) in [6.45, 7) is 1.54. The van der Waals surface area contributed by atoms with Crippen molar-refractivity contribution in [1.82, 2.24) is 4.98 Å². The molecule has 0 saturated carbocycles. The highest BCUT2D eigenvalue weighted by Gasteiger charge is 2.16. The van der Waals surface area contributed by atoms with E-state index in [4.69, 9.17) is 17.2 Å². The highest BCUT2D eigenvalue weighted by Crippen LogP contribution is 2.16. The predicted molar refractivity (Wildman–Crippen MR) is 50.4 cm³/mol. The number of hydrogen-bond acceptors (Lipinski definition) is 4. The Hall–Kier alpha value is -2.11. The molecular weight excluding hydrogens is 184 g/mol. The number of nitrogen functional groups attached to an aromatic ring is 1. The van der Waals surface area contributed by atoms with Crippen molar-refractivity contribution in [3.8, 4) is 0 Å². The van der Waals surface area contributed by atoms with Gasteiger partial charge in [-0.1, -0.05) is 0 Å². The van der Waals surface area contributed by atoms with Crippen LogP contribution < -0.4 is 17.2 Å². The van der Waals surface area contributed by atoms with Crippen LogP contribution >= 0.6 is 0 Å². The molecule has 74 valence electrons. The summed E-state index contributed by atoms with van der Waals surface area (Å²) in [4.78, 5) is 25.5. The standard InChI is InChI=1S/C8H10N4O2/c1-3-4(7(10)13)2-12-6(9)5(3)8(11)14/h2H,1H3,(H2,9,12)(H2,10,13)(H2,11,14). The van der Waals surface area contributed by atoms with E-state index >= 15 is 0 Å². The third-order valence-electron chi connectivity index (χ3n) is 1.88. The lowest BCUT2D eigenvalue weighted by molar-refractivity contribution is 0.0999. The zero-order valence-electron chi connectivity index (χ0n) is 7.57. The topological polar surface area (TPSA) is 125 Å². The van der Waals surface area contributed by atoms with Crippen LogP contribution in [0.5, 0.6) is 0 Å². The first-order chi connectivity index (χ1) is 6.45. The molecule has 1 rings (SSSR count). The Kier molecular flexibility index (Phi) is 2.37. The van der Waals surface area contributed by atoms with Gasteiger partial charge in [0.05, 0.1) is 11.1 Å². The molecule has 6 nitrogen and oxygen atoms in total. The lowest BCUT2D eigenvalue weighted by Gasteiger charge is -2.07. The Morgan fingerprint density at radius 3 is 2.29 bits per heavy atom. The smallest absolute Gasteiger partial charge is 0.252 e. The number of nitrogens with two attached hydrogens (primary N) is 3. The van der Waals surface area contributed by atoms with Gasteiger partial charge < -0.3 is 17.2 Å². The molecule has 0 radical (unpaired) electrons. The number of nitrogens with zero attached hydrogens (tertiary/aromatic N) is 1. The Bertz CT molecular complexity index is 414. The van der Waals surface area contributed by atoms with Crippen molar-refractivity contribution in [3.63, 3.8) is 0 Å². The van der Waals surface area contributed by atoms with Gasteiger partial charge in [-0.05, 0) is 12.5 Å². The molecular formula is C8H10N4O2. The lowest BCUT2D eigenvalue weighted by atomic mass is 10.0. The number of anilines is 1. The molecule has 1 aromatic rings. The van der Waals surface area contributed by atoms with E-state index in [1.807, 2.05) is 0 Å². The summed E-state index contributed by atoms with van der Waals surface area (Å²) in [7, 11) is 0. The molecule has 0 aliphatic rings. The molecule has 0 aliphatic heterocycles. The molecule has 1 aromatic heterocycles. The molecule has 0 saturated heterocycles. The van der Waals surface area contributed by atoms with Crippen LogP contribution in [0.3, 0.4) is 0 Å². The van der Waals surface area contributed by atoms with Gasteiger partial charge in [0.15, 0.2) is 0 Å². The van der Waals surface area contributed by atoms with Crippen LogP contribution in [0.4, 0.5) is 5.82 Å². The maximum atomic E-state index is 11.0. The van der Waals surface area contributed by atoms with Gasteiger partial charge in [0.25, 0.3) is 11.8 Å². The molecule has 1 heterocycles. The van der Waals surface area contributed by atoms with E-state index in [1.54, 1.807) is 0 Å². The second kappa shape index (κ2) is 3.33. The predicted octanol–water partition coefficient (Wildman–Crippen LogP) is -0.830. The number of rotatable bonds is 2. The zero-order chi connectivity index (χ0) is 10.9. The van der Waals surface area contributed by atoms with E-state index in [1.165, 1.54) is 13.1 Å². The molecule has 6 N–H and O–H groups in total. The van der Waals surface area contributed by atoms with E-state index in [9.17, 15) is 9.59 Å². The summed E-state index contributed by atoms with van der Waals surface area (Å²) in [6, 6.07) is 0. The van der Waals surface area contributed by atoms with Crippen LogP contribution in [0.15, 0.2) is 6.20 Å². The minimum absolute atomic E-state index is 0.000000000000000222. The molecule has 14 heavy (non-hydrogen) atoms. The number of aromatic nitrogens is 1. The first-order valence-electron chi connectivity index (χ1n) is 3.79.